The highest BCUT2D eigenvalue weighted by atomic mass is 16.3. The monoisotopic (exact) mass is 702 g/mol. The van der Waals surface area contributed by atoms with Gasteiger partial charge in [-0.1, -0.05) is 164 Å². The van der Waals surface area contributed by atoms with Crippen LogP contribution in [0.2, 0.25) is 0 Å². The molecule has 0 bridgehead atoms. The minimum absolute atomic E-state index is 0.0329. The summed E-state index contributed by atoms with van der Waals surface area (Å²) in [6.45, 7) is 0. The average molecular weight is 703 g/mol. The molecule has 2 heteroatoms. The maximum Gasteiger partial charge on any atom is 0.136 e. The predicted octanol–water partition coefficient (Wildman–Crippen LogP) is 14.9. The molecule has 0 amide bonds. The lowest BCUT2D eigenvalue weighted by molar-refractivity contribution is 0.669. The zero-order valence-corrected chi connectivity index (χ0v) is 28.6. The SMILES string of the molecule is [2H]c1c([2H])c([2H])c(-c2c([2H])c([2H])c(-c3ccc(N(c4ccccc4-c4ccccc4)c4c([2H])c([2H])c(-c5ccc6c(ccc7oc8ccccc8c76)c5)c([2H])c4[2H])cc3)c([2H])c2[2H])c([2H])c1[2H]. The fourth-order valence-corrected chi connectivity index (χ4v) is 6.92. The summed E-state index contributed by atoms with van der Waals surface area (Å²) >= 11 is 0. The van der Waals surface area contributed by atoms with Crippen LogP contribution in [0, 0.1) is 0 Å². The number of para-hydroxylation sites is 2. The first-order valence-electron chi connectivity index (χ1n) is 23.9. The van der Waals surface area contributed by atoms with Crippen LogP contribution >= 0.6 is 0 Å². The van der Waals surface area contributed by atoms with Crippen LogP contribution in [0.3, 0.4) is 0 Å². The van der Waals surface area contributed by atoms with E-state index in [0.29, 0.717) is 16.9 Å². The normalized spacial score (nSPS) is 14.7. The maximum absolute atomic E-state index is 9.61. The van der Waals surface area contributed by atoms with Crippen molar-refractivity contribution in [1.29, 1.82) is 0 Å². The summed E-state index contributed by atoms with van der Waals surface area (Å²) in [7, 11) is 0. The second-order valence-electron chi connectivity index (χ2n) is 12.7. The average Bonchev–Trinajstić information content (AvgIpc) is 3.74. The van der Waals surface area contributed by atoms with Crippen LogP contribution in [0.15, 0.2) is 216 Å². The van der Waals surface area contributed by atoms with Crippen molar-refractivity contribution < 1.29 is 22.2 Å². The first-order valence-corrected chi connectivity index (χ1v) is 17.4. The summed E-state index contributed by atoms with van der Waals surface area (Å²) in [4.78, 5) is 1.65. The van der Waals surface area contributed by atoms with Gasteiger partial charge in [-0.2, -0.15) is 0 Å². The zero-order valence-electron chi connectivity index (χ0n) is 41.6. The Bertz CT molecular complexity index is 3600. The van der Waals surface area contributed by atoms with Crippen LogP contribution in [0.25, 0.3) is 77.2 Å². The second kappa shape index (κ2) is 13.4. The molecule has 0 aliphatic carbocycles. The minimum Gasteiger partial charge on any atom is -0.456 e. The number of hydrogen-bond acceptors (Lipinski definition) is 2. The number of furan rings is 1. The molecule has 0 radical (unpaired) electrons. The Balaban J connectivity index is 1.13. The number of nitrogens with zero attached hydrogens (tertiary/aromatic N) is 1. The van der Waals surface area contributed by atoms with Gasteiger partial charge in [-0.3, -0.25) is 0 Å². The van der Waals surface area contributed by atoms with Crippen molar-refractivity contribution in [3.8, 4) is 44.5 Å². The van der Waals surface area contributed by atoms with Gasteiger partial charge in [-0.05, 0) is 98.2 Å². The van der Waals surface area contributed by atoms with Crippen molar-refractivity contribution >= 4 is 49.8 Å². The van der Waals surface area contributed by atoms with Crippen LogP contribution in [-0.4, -0.2) is 0 Å². The number of rotatable bonds is 7. The Morgan fingerprint density at radius 1 is 0.389 bits per heavy atom. The third-order valence-electron chi connectivity index (χ3n) is 9.50. The molecule has 0 fully saturated rings. The van der Waals surface area contributed by atoms with Gasteiger partial charge in [0.05, 0.1) is 23.5 Å². The van der Waals surface area contributed by atoms with Gasteiger partial charge < -0.3 is 9.32 Å². The van der Waals surface area contributed by atoms with Gasteiger partial charge in [0.25, 0.3) is 0 Å². The van der Waals surface area contributed by atoms with Crippen LogP contribution in [0.5, 0.6) is 0 Å². The third-order valence-corrected chi connectivity index (χ3v) is 9.50. The van der Waals surface area contributed by atoms with E-state index in [1.807, 2.05) is 103 Å². The standard InChI is InChI=1S/C52H35NO/c1-3-11-36(12-4-1)37-19-21-38(22-20-37)39-23-29-44(30-24-39)53(49-17-9-7-15-46(49)41-13-5-2-6-14-41)45-31-25-40(26-32-45)42-27-33-47-43(35-42)28-34-51-52(47)48-16-8-10-18-50(48)54-51/h1-35H/i1D,3D,4D,11D,12D,19D,20D,21D,22D,25D,26D,31D,32D. The van der Waals surface area contributed by atoms with E-state index >= 15 is 0 Å². The molecule has 0 saturated heterocycles. The molecule has 0 atom stereocenters. The van der Waals surface area contributed by atoms with Crippen molar-refractivity contribution in [1.82, 2.24) is 0 Å². The van der Waals surface area contributed by atoms with Gasteiger partial charge in [0, 0.05) is 27.7 Å². The first-order chi connectivity index (χ1) is 32.2. The van der Waals surface area contributed by atoms with E-state index in [9.17, 15) is 5.48 Å². The molecule has 0 N–H and O–H groups in total. The minimum atomic E-state index is -0.665. The molecule has 54 heavy (non-hydrogen) atoms. The Hall–Kier alpha value is -7.16. The topological polar surface area (TPSA) is 16.4 Å². The van der Waals surface area contributed by atoms with E-state index in [1.165, 1.54) is 0 Å². The number of benzene rings is 9. The van der Waals surface area contributed by atoms with E-state index in [4.69, 9.17) is 16.8 Å². The number of hydrogen-bond donors (Lipinski definition) is 0. The molecule has 1 aromatic heterocycles. The molecule has 0 unspecified atom stereocenters. The van der Waals surface area contributed by atoms with Gasteiger partial charge in [0.1, 0.15) is 11.2 Å². The van der Waals surface area contributed by atoms with Gasteiger partial charge in [0.15, 0.2) is 0 Å². The fourth-order valence-electron chi connectivity index (χ4n) is 6.92. The van der Waals surface area contributed by atoms with Crippen molar-refractivity contribution in [2.45, 2.75) is 0 Å². The molecule has 1 heterocycles. The fraction of sp³-hybridized carbons (Fsp3) is 0. The Morgan fingerprint density at radius 2 is 1.02 bits per heavy atom. The van der Waals surface area contributed by atoms with E-state index in [1.54, 1.807) is 35.2 Å². The number of fused-ring (bicyclic) bond motifs is 5. The molecule has 0 aliphatic rings. The molecule has 10 rings (SSSR count). The van der Waals surface area contributed by atoms with Crippen LogP contribution in [0.1, 0.15) is 17.8 Å². The molecule has 10 aromatic rings. The highest BCUT2D eigenvalue weighted by molar-refractivity contribution is 6.19. The third kappa shape index (κ3) is 5.71. The van der Waals surface area contributed by atoms with E-state index in [-0.39, 0.29) is 46.5 Å². The van der Waals surface area contributed by atoms with E-state index in [2.05, 4.69) is 0 Å². The lowest BCUT2D eigenvalue weighted by Crippen LogP contribution is -2.11. The summed E-state index contributed by atoms with van der Waals surface area (Å²) in [5.74, 6) is 0. The summed E-state index contributed by atoms with van der Waals surface area (Å²) < 4.78 is 121. The van der Waals surface area contributed by atoms with Crippen molar-refractivity contribution in [3.63, 3.8) is 0 Å². The summed E-state index contributed by atoms with van der Waals surface area (Å²) in [5, 5.41) is 3.65. The zero-order chi connectivity index (χ0) is 47.2. The maximum atomic E-state index is 9.61. The molecule has 2 nitrogen and oxygen atoms in total. The second-order valence-corrected chi connectivity index (χ2v) is 12.7. The van der Waals surface area contributed by atoms with Crippen molar-refractivity contribution in [3.05, 3.63) is 212 Å². The largest absolute Gasteiger partial charge is 0.456 e. The van der Waals surface area contributed by atoms with Crippen LogP contribution in [-0.2, 0) is 0 Å². The Kier molecular flexibility index (Phi) is 5.17. The smallest absolute Gasteiger partial charge is 0.136 e. The summed E-state index contributed by atoms with van der Waals surface area (Å²) in [6.07, 6.45) is 0. The Labute approximate surface area is 333 Å². The van der Waals surface area contributed by atoms with Crippen LogP contribution in [0.4, 0.5) is 17.1 Å². The lowest BCUT2D eigenvalue weighted by Gasteiger charge is -2.28. The lowest BCUT2D eigenvalue weighted by atomic mass is 9.97. The highest BCUT2D eigenvalue weighted by Gasteiger charge is 2.18. The van der Waals surface area contributed by atoms with E-state index < -0.39 is 65.5 Å². The van der Waals surface area contributed by atoms with Gasteiger partial charge in [-0.25, -0.2) is 0 Å². The summed E-state index contributed by atoms with van der Waals surface area (Å²) in [5.41, 5.74) is 3.86. The van der Waals surface area contributed by atoms with Crippen LogP contribution < -0.4 is 4.90 Å². The molecule has 0 saturated carbocycles. The van der Waals surface area contributed by atoms with Crippen molar-refractivity contribution in [2.75, 3.05) is 4.90 Å². The summed E-state index contributed by atoms with van der Waals surface area (Å²) in [6, 6.07) is 33.9. The molecule has 0 spiro atoms. The molecular formula is C52H35NO. The van der Waals surface area contributed by atoms with E-state index in [0.717, 1.165) is 43.8 Å². The highest BCUT2D eigenvalue weighted by Crippen LogP contribution is 2.42. The Morgan fingerprint density at radius 3 is 1.81 bits per heavy atom. The molecule has 9 aromatic carbocycles. The molecular weight excluding hydrogens is 655 g/mol. The molecule has 0 aliphatic heterocycles. The number of anilines is 3. The van der Waals surface area contributed by atoms with Gasteiger partial charge in [-0.15, -0.1) is 0 Å². The first kappa shape index (κ1) is 20.8. The van der Waals surface area contributed by atoms with Gasteiger partial charge in [0.2, 0.25) is 0 Å². The molecule has 254 valence electrons. The van der Waals surface area contributed by atoms with Crippen molar-refractivity contribution in [2.24, 2.45) is 0 Å². The van der Waals surface area contributed by atoms with Gasteiger partial charge >= 0.3 is 0 Å². The predicted molar refractivity (Wildman–Crippen MR) is 228 cm³/mol. The quantitative estimate of drug-likeness (QED) is 0.164.